The van der Waals surface area contributed by atoms with Gasteiger partial charge < -0.3 is 25.2 Å². The van der Waals surface area contributed by atoms with E-state index in [9.17, 15) is 4.79 Å². The van der Waals surface area contributed by atoms with E-state index in [1.165, 1.54) is 6.20 Å². The van der Waals surface area contributed by atoms with Crippen molar-refractivity contribution in [2.45, 2.75) is 6.92 Å². The van der Waals surface area contributed by atoms with Crippen LogP contribution in [0.1, 0.15) is 21.9 Å². The molecule has 0 amide bonds. The second kappa shape index (κ2) is 9.53. The summed E-state index contributed by atoms with van der Waals surface area (Å²) in [4.78, 5) is 24.8. The molecule has 0 aliphatic rings. The fourth-order valence-corrected chi connectivity index (χ4v) is 4.74. The molecule has 0 saturated heterocycles. The number of imidazole rings is 1. The minimum atomic E-state index is -0.270. The van der Waals surface area contributed by atoms with Gasteiger partial charge in [0.1, 0.15) is 23.1 Å². The van der Waals surface area contributed by atoms with Crippen molar-refractivity contribution >= 4 is 22.6 Å². The number of fused-ring (bicyclic) bond motifs is 1. The van der Waals surface area contributed by atoms with E-state index < -0.39 is 0 Å². The fraction of sp³-hybridized carbons (Fsp3) is 0.100. The molecular weight excluding hydrogens is 492 g/mol. The van der Waals surface area contributed by atoms with E-state index in [1.54, 1.807) is 18.9 Å². The molecule has 0 saturated carbocycles. The largest absolute Gasteiger partial charge is 0.497 e. The number of benzene rings is 3. The van der Waals surface area contributed by atoms with Gasteiger partial charge >= 0.3 is 0 Å². The summed E-state index contributed by atoms with van der Waals surface area (Å²) in [6, 6.07) is 22.9. The van der Waals surface area contributed by atoms with Gasteiger partial charge in [-0.2, -0.15) is 5.10 Å². The Morgan fingerprint density at radius 1 is 0.897 bits per heavy atom. The number of aryl methyl sites for hydroxylation is 1. The van der Waals surface area contributed by atoms with E-state index in [1.807, 2.05) is 79.7 Å². The van der Waals surface area contributed by atoms with E-state index in [0.29, 0.717) is 28.4 Å². The van der Waals surface area contributed by atoms with Gasteiger partial charge in [-0.15, -0.1) is 0 Å². The van der Waals surface area contributed by atoms with Crippen molar-refractivity contribution < 1.29 is 14.3 Å². The topological polar surface area (TPSA) is 124 Å². The Bertz CT molecular complexity index is 1780. The van der Waals surface area contributed by atoms with Crippen LogP contribution in [-0.4, -0.2) is 44.7 Å². The number of ketones is 1. The van der Waals surface area contributed by atoms with Gasteiger partial charge in [-0.1, -0.05) is 24.3 Å². The summed E-state index contributed by atoms with van der Waals surface area (Å²) in [6.07, 6.45) is 1.49. The summed E-state index contributed by atoms with van der Waals surface area (Å²) < 4.78 is 12.4. The molecule has 0 atom stereocenters. The zero-order valence-electron chi connectivity index (χ0n) is 21.6. The van der Waals surface area contributed by atoms with E-state index in [4.69, 9.17) is 15.2 Å². The highest BCUT2D eigenvalue weighted by Crippen LogP contribution is 2.36. The summed E-state index contributed by atoms with van der Waals surface area (Å²) >= 11 is 0. The van der Waals surface area contributed by atoms with Gasteiger partial charge in [-0.05, 0) is 61.0 Å². The predicted molar refractivity (Wildman–Crippen MR) is 151 cm³/mol. The number of hydrogen-bond acceptors (Lipinski definition) is 6. The number of aromatic amines is 2. The lowest BCUT2D eigenvalue weighted by Gasteiger charge is -2.08. The summed E-state index contributed by atoms with van der Waals surface area (Å²) in [5.41, 5.74) is 13.0. The molecule has 0 unspecified atom stereocenters. The number of anilines is 1. The molecule has 39 heavy (non-hydrogen) atoms. The van der Waals surface area contributed by atoms with Gasteiger partial charge in [-0.3, -0.25) is 4.79 Å². The second-order valence-electron chi connectivity index (χ2n) is 9.14. The van der Waals surface area contributed by atoms with Gasteiger partial charge in [0.2, 0.25) is 5.78 Å². The molecule has 3 heterocycles. The maximum absolute atomic E-state index is 13.8. The number of nitrogen functional groups attached to an aromatic ring is 1. The number of methoxy groups -OCH3 is 2. The number of nitrogens with two attached hydrogens (primary N) is 1. The number of aromatic nitrogens is 5. The highest BCUT2D eigenvalue weighted by atomic mass is 16.5. The van der Waals surface area contributed by atoms with Crippen LogP contribution >= 0.6 is 0 Å². The number of nitrogens with one attached hydrogen (secondary N) is 2. The molecular formula is C30H26N6O3. The van der Waals surface area contributed by atoms with Crippen LogP contribution in [0.3, 0.4) is 0 Å². The van der Waals surface area contributed by atoms with E-state index in [2.05, 4.69) is 20.1 Å². The van der Waals surface area contributed by atoms with Crippen molar-refractivity contribution in [3.05, 3.63) is 96.1 Å². The van der Waals surface area contributed by atoms with E-state index >= 15 is 0 Å². The van der Waals surface area contributed by atoms with Crippen molar-refractivity contribution in [3.8, 4) is 39.6 Å². The van der Waals surface area contributed by atoms with Gasteiger partial charge in [0.15, 0.2) is 0 Å². The van der Waals surface area contributed by atoms with Crippen LogP contribution in [0.15, 0.2) is 79.0 Å². The number of carbonyl (C=O) groups is 1. The Hall–Kier alpha value is -5.31. The molecule has 0 radical (unpaired) electrons. The van der Waals surface area contributed by atoms with Gasteiger partial charge in [-0.25, -0.2) is 9.67 Å². The lowest BCUT2D eigenvalue weighted by Crippen LogP contribution is -2.07. The quantitative estimate of drug-likeness (QED) is 0.238. The zero-order chi connectivity index (χ0) is 27.1. The smallest absolute Gasteiger partial charge is 0.214 e. The van der Waals surface area contributed by atoms with Crippen molar-refractivity contribution in [3.63, 3.8) is 0 Å². The van der Waals surface area contributed by atoms with Gasteiger partial charge in [0, 0.05) is 11.1 Å². The molecule has 0 aliphatic carbocycles. The van der Waals surface area contributed by atoms with Crippen molar-refractivity contribution in [2.75, 3.05) is 20.0 Å². The molecule has 9 nitrogen and oxygen atoms in total. The Kier molecular flexibility index (Phi) is 5.88. The third kappa shape index (κ3) is 4.29. The molecule has 4 N–H and O–H groups in total. The molecule has 0 fully saturated rings. The molecule has 0 spiro atoms. The standard InChI is InChI=1S/C30H26N6O3/c1-17-33-25-11-10-20(14-26(25)34-17)36-30(31)24(16-32-36)29(37)27-15-23(18-6-4-8-21(12-18)38-2)28(35-27)19-7-5-9-22(13-19)39-3/h4-16,35H,31H2,1-3H3,(H,33,34). The third-order valence-corrected chi connectivity index (χ3v) is 6.68. The summed E-state index contributed by atoms with van der Waals surface area (Å²) in [6.45, 7) is 1.90. The molecule has 6 aromatic rings. The lowest BCUT2D eigenvalue weighted by atomic mass is 10.0. The minimum Gasteiger partial charge on any atom is -0.497 e. The maximum Gasteiger partial charge on any atom is 0.214 e. The Labute approximate surface area is 224 Å². The highest BCUT2D eigenvalue weighted by molar-refractivity contribution is 6.12. The second-order valence-corrected chi connectivity index (χ2v) is 9.14. The molecule has 0 bridgehead atoms. The summed E-state index contributed by atoms with van der Waals surface area (Å²) in [5, 5.41) is 4.42. The molecule has 6 rings (SSSR count). The fourth-order valence-electron chi connectivity index (χ4n) is 4.74. The van der Waals surface area contributed by atoms with Gasteiger partial charge in [0.05, 0.1) is 54.1 Å². The van der Waals surface area contributed by atoms with Crippen LogP contribution in [0.2, 0.25) is 0 Å². The van der Waals surface area contributed by atoms with Crippen LogP contribution in [0.25, 0.3) is 39.1 Å². The number of rotatable bonds is 7. The number of carbonyl (C=O) groups excluding carboxylic acids is 1. The minimum absolute atomic E-state index is 0.243. The van der Waals surface area contributed by atoms with E-state index in [0.717, 1.165) is 39.2 Å². The molecule has 194 valence electrons. The molecule has 3 aromatic heterocycles. The molecule has 3 aromatic carbocycles. The average Bonchev–Trinajstić information content (AvgIpc) is 3.68. The molecule has 0 aliphatic heterocycles. The number of H-pyrrole nitrogens is 2. The van der Waals surface area contributed by atoms with Crippen molar-refractivity contribution in [2.24, 2.45) is 0 Å². The number of nitrogens with zero attached hydrogens (tertiary/aromatic N) is 3. The van der Waals surface area contributed by atoms with Crippen LogP contribution in [0.4, 0.5) is 5.82 Å². The Morgan fingerprint density at radius 3 is 2.36 bits per heavy atom. The highest BCUT2D eigenvalue weighted by Gasteiger charge is 2.23. The normalized spacial score (nSPS) is 11.2. The average molecular weight is 519 g/mol. The first-order valence-corrected chi connectivity index (χ1v) is 12.3. The lowest BCUT2D eigenvalue weighted by molar-refractivity contribution is 0.103. The Morgan fingerprint density at radius 2 is 1.62 bits per heavy atom. The number of ether oxygens (including phenoxy) is 2. The Balaban J connectivity index is 1.43. The van der Waals surface area contributed by atoms with Crippen LogP contribution in [-0.2, 0) is 0 Å². The van der Waals surface area contributed by atoms with Crippen LogP contribution in [0.5, 0.6) is 11.5 Å². The number of hydrogen-bond donors (Lipinski definition) is 3. The molecule has 9 heteroatoms. The first-order valence-electron chi connectivity index (χ1n) is 12.3. The van der Waals surface area contributed by atoms with Crippen LogP contribution in [0, 0.1) is 6.92 Å². The SMILES string of the molecule is COc1cccc(-c2cc(C(=O)c3cnn(-c4ccc5[nH]c(C)nc5c4)c3N)[nH]c2-c2cccc(OC)c2)c1. The first kappa shape index (κ1) is 24.1. The van der Waals surface area contributed by atoms with Gasteiger partial charge in [0.25, 0.3) is 0 Å². The first-order chi connectivity index (χ1) is 18.9. The monoisotopic (exact) mass is 518 g/mol. The summed E-state index contributed by atoms with van der Waals surface area (Å²) in [5.74, 6) is 2.21. The third-order valence-electron chi connectivity index (χ3n) is 6.68. The van der Waals surface area contributed by atoms with Crippen LogP contribution < -0.4 is 15.2 Å². The van der Waals surface area contributed by atoms with Crippen molar-refractivity contribution in [1.29, 1.82) is 0 Å². The zero-order valence-corrected chi connectivity index (χ0v) is 21.6. The maximum atomic E-state index is 13.8. The summed E-state index contributed by atoms with van der Waals surface area (Å²) in [7, 11) is 3.25. The predicted octanol–water partition coefficient (Wildman–Crippen LogP) is 5.55. The van der Waals surface area contributed by atoms with Crippen molar-refractivity contribution in [1.82, 2.24) is 24.7 Å². The van der Waals surface area contributed by atoms with E-state index in [-0.39, 0.29) is 11.6 Å².